The van der Waals surface area contributed by atoms with Crippen LogP contribution in [0.15, 0.2) is 12.4 Å². The van der Waals surface area contributed by atoms with Gasteiger partial charge in [-0.3, -0.25) is 9.59 Å². The first-order valence-electron chi connectivity index (χ1n) is 13.6. The minimum atomic E-state index is -1.10. The van der Waals surface area contributed by atoms with Crippen LogP contribution in [0, 0.1) is 12.8 Å². The molecule has 1 amide bonds. The van der Waals surface area contributed by atoms with E-state index >= 15 is 0 Å². The molecule has 2 atom stereocenters. The lowest BCUT2D eigenvalue weighted by molar-refractivity contribution is -0.127. The zero-order valence-corrected chi connectivity index (χ0v) is 25.5. The van der Waals surface area contributed by atoms with Crippen molar-refractivity contribution in [3.05, 3.63) is 38.7 Å². The van der Waals surface area contributed by atoms with E-state index < -0.39 is 5.97 Å². The fraction of sp³-hybridized carbons (Fsp3) is 0.481. The van der Waals surface area contributed by atoms with Crippen molar-refractivity contribution in [3.63, 3.8) is 0 Å². The van der Waals surface area contributed by atoms with Crippen molar-refractivity contribution in [2.75, 3.05) is 50.1 Å². The number of nitrogens with zero attached hydrogens (tertiary/aromatic N) is 5. The second-order valence-electron chi connectivity index (χ2n) is 10.3. The van der Waals surface area contributed by atoms with E-state index in [2.05, 4.69) is 25.3 Å². The number of H-pyrrole nitrogens is 1. The summed E-state index contributed by atoms with van der Waals surface area (Å²) in [6.45, 7) is 4.65. The highest BCUT2D eigenvalue weighted by atomic mass is 35.5. The molecule has 3 aromatic heterocycles. The number of aromatic amines is 1. The van der Waals surface area contributed by atoms with Crippen LogP contribution in [0.25, 0.3) is 11.4 Å². The summed E-state index contributed by atoms with van der Waals surface area (Å²) < 4.78 is 5.75. The SMILES string of the molecule is CO[C@H]1CN(c2nc(-c3cnc(NCCN4CCCC4=O)cn3)c(C(=O)O)s2)CC[C@H]1CC(=O)c1[nH]c(C)c(Cl)c1Cl. The van der Waals surface area contributed by atoms with Gasteiger partial charge in [-0.25, -0.2) is 19.7 Å². The number of anilines is 2. The van der Waals surface area contributed by atoms with Crippen LogP contribution in [-0.2, 0) is 9.53 Å². The van der Waals surface area contributed by atoms with Crippen LogP contribution in [-0.4, -0.2) is 93.5 Å². The molecule has 0 aliphatic carbocycles. The maximum absolute atomic E-state index is 13.0. The second-order valence-corrected chi connectivity index (χ2v) is 12.1. The van der Waals surface area contributed by atoms with Crippen molar-refractivity contribution < 1.29 is 24.2 Å². The fourth-order valence-corrected chi connectivity index (χ4v) is 6.69. The average molecular weight is 637 g/mol. The maximum atomic E-state index is 13.0. The molecule has 224 valence electrons. The lowest BCUT2D eigenvalue weighted by atomic mass is 9.88. The van der Waals surface area contributed by atoms with Crippen LogP contribution in [0.1, 0.15) is 51.5 Å². The number of amides is 1. The highest BCUT2D eigenvalue weighted by molar-refractivity contribution is 7.17. The van der Waals surface area contributed by atoms with Crippen molar-refractivity contribution in [1.82, 2.24) is 24.8 Å². The third-order valence-corrected chi connectivity index (χ3v) is 9.66. The first-order chi connectivity index (χ1) is 20.2. The summed E-state index contributed by atoms with van der Waals surface area (Å²) in [4.78, 5) is 57.1. The number of hydrogen-bond donors (Lipinski definition) is 3. The van der Waals surface area contributed by atoms with Gasteiger partial charge in [0, 0.05) is 58.4 Å². The van der Waals surface area contributed by atoms with Gasteiger partial charge in [-0.2, -0.15) is 0 Å². The van der Waals surface area contributed by atoms with E-state index in [9.17, 15) is 19.5 Å². The molecule has 2 aliphatic rings. The maximum Gasteiger partial charge on any atom is 0.348 e. The number of carboxylic acid groups (broad SMARTS) is 1. The first-order valence-corrected chi connectivity index (χ1v) is 15.2. The van der Waals surface area contributed by atoms with Crippen LogP contribution < -0.4 is 10.2 Å². The van der Waals surface area contributed by atoms with E-state index in [4.69, 9.17) is 27.9 Å². The number of rotatable bonds is 11. The van der Waals surface area contributed by atoms with Crippen molar-refractivity contribution in [1.29, 1.82) is 0 Å². The van der Waals surface area contributed by atoms with Gasteiger partial charge in [-0.1, -0.05) is 34.5 Å². The molecular formula is C27H31Cl2N7O5S. The second kappa shape index (κ2) is 12.9. The standard InChI is InChI=1S/C27H31Cl2N7O5S/c1-14-21(28)22(29)24(33-14)17(37)10-15-5-8-36(13-18(15)41-2)27-34-23(25(42-27)26(39)40)16-11-32-19(12-31-16)30-6-9-35-7-3-4-20(35)38/h11-12,15,18,33H,3-10,13H2,1-2H3,(H,30,32)(H,39,40)/t15-,18-/m0/s1. The molecule has 2 saturated heterocycles. The van der Waals surface area contributed by atoms with E-state index in [0.717, 1.165) is 24.3 Å². The molecule has 2 aliphatic heterocycles. The Morgan fingerprint density at radius 2 is 2.05 bits per heavy atom. The molecule has 2 fully saturated rings. The molecule has 12 nitrogen and oxygen atoms in total. The normalized spacial score (nSPS) is 19.0. The van der Waals surface area contributed by atoms with Crippen LogP contribution in [0.3, 0.4) is 0 Å². The first kappa shape index (κ1) is 30.2. The number of aryl methyl sites for hydroxylation is 1. The number of likely N-dealkylation sites (tertiary alicyclic amines) is 1. The lowest BCUT2D eigenvalue weighted by Gasteiger charge is -2.37. The number of nitrogens with one attached hydrogen (secondary N) is 2. The number of aromatic nitrogens is 4. The number of halogens is 2. The number of methoxy groups -OCH3 is 1. The predicted molar refractivity (Wildman–Crippen MR) is 160 cm³/mol. The van der Waals surface area contributed by atoms with Crippen molar-refractivity contribution >= 4 is 63.1 Å². The Morgan fingerprint density at radius 3 is 2.67 bits per heavy atom. The number of carbonyl (C=O) groups is 3. The number of piperidine rings is 1. The number of ether oxygens (including phenoxy) is 1. The van der Waals surface area contributed by atoms with Gasteiger partial charge in [0.1, 0.15) is 27.8 Å². The Kier molecular flexibility index (Phi) is 9.31. The van der Waals surface area contributed by atoms with Gasteiger partial charge in [0.2, 0.25) is 5.91 Å². The number of carboxylic acids is 1. The molecule has 3 N–H and O–H groups in total. The molecular weight excluding hydrogens is 605 g/mol. The molecule has 3 aromatic rings. The predicted octanol–water partition coefficient (Wildman–Crippen LogP) is 4.39. The van der Waals surface area contributed by atoms with E-state index in [1.54, 1.807) is 14.0 Å². The summed E-state index contributed by atoms with van der Waals surface area (Å²) in [7, 11) is 1.60. The molecule has 0 unspecified atom stereocenters. The third-order valence-electron chi connectivity index (χ3n) is 7.61. The Balaban J connectivity index is 1.24. The van der Waals surface area contributed by atoms with Gasteiger partial charge < -0.3 is 29.9 Å². The van der Waals surface area contributed by atoms with E-state index in [1.807, 2.05) is 9.80 Å². The van der Waals surface area contributed by atoms with Crippen molar-refractivity contribution in [2.24, 2.45) is 5.92 Å². The van der Waals surface area contributed by atoms with Crippen molar-refractivity contribution in [2.45, 2.75) is 38.7 Å². The minimum absolute atomic E-state index is 0.0625. The molecule has 15 heteroatoms. The highest BCUT2D eigenvalue weighted by Gasteiger charge is 2.34. The quantitative estimate of drug-likeness (QED) is 0.258. The number of ketones is 1. The lowest BCUT2D eigenvalue weighted by Crippen LogP contribution is -2.45. The van der Waals surface area contributed by atoms with E-state index in [0.29, 0.717) is 72.1 Å². The molecule has 5 heterocycles. The van der Waals surface area contributed by atoms with Crippen LogP contribution in [0.5, 0.6) is 0 Å². The molecule has 0 spiro atoms. The van der Waals surface area contributed by atoms with Gasteiger partial charge in [0.25, 0.3) is 0 Å². The minimum Gasteiger partial charge on any atom is -0.477 e. The third kappa shape index (κ3) is 6.38. The van der Waals surface area contributed by atoms with Crippen LogP contribution >= 0.6 is 34.5 Å². The summed E-state index contributed by atoms with van der Waals surface area (Å²) in [5.41, 5.74) is 1.53. The molecule has 0 saturated carbocycles. The number of thiazole rings is 1. The summed E-state index contributed by atoms with van der Waals surface area (Å²) in [5, 5.41) is 14.2. The Hall–Kier alpha value is -3.26. The summed E-state index contributed by atoms with van der Waals surface area (Å²) in [5.74, 6) is -0.620. The Morgan fingerprint density at radius 1 is 1.24 bits per heavy atom. The molecule has 0 bridgehead atoms. The Bertz CT molecular complexity index is 1480. The van der Waals surface area contributed by atoms with Gasteiger partial charge in [0.05, 0.1) is 28.5 Å². The molecule has 5 rings (SSSR count). The fourth-order valence-electron chi connectivity index (χ4n) is 5.31. The van der Waals surface area contributed by atoms with Gasteiger partial charge in [0.15, 0.2) is 10.9 Å². The monoisotopic (exact) mass is 635 g/mol. The zero-order valence-electron chi connectivity index (χ0n) is 23.2. The van der Waals surface area contributed by atoms with Crippen molar-refractivity contribution in [3.8, 4) is 11.4 Å². The van der Waals surface area contributed by atoms with Crippen LogP contribution in [0.2, 0.25) is 10.0 Å². The molecule has 42 heavy (non-hydrogen) atoms. The van der Waals surface area contributed by atoms with Crippen LogP contribution in [0.4, 0.5) is 10.9 Å². The van der Waals surface area contributed by atoms with E-state index in [-0.39, 0.29) is 45.7 Å². The van der Waals surface area contributed by atoms with Gasteiger partial charge in [-0.05, 0) is 25.7 Å². The topological polar surface area (TPSA) is 154 Å². The number of aromatic carboxylic acids is 1. The average Bonchev–Trinajstić information content (AvgIpc) is 3.68. The number of hydrogen-bond acceptors (Lipinski definition) is 10. The smallest absolute Gasteiger partial charge is 0.348 e. The zero-order chi connectivity index (χ0) is 30.0. The summed E-state index contributed by atoms with van der Waals surface area (Å²) >= 11 is 13.5. The molecule has 0 aromatic carbocycles. The van der Waals surface area contributed by atoms with Gasteiger partial charge in [-0.15, -0.1) is 0 Å². The van der Waals surface area contributed by atoms with E-state index in [1.165, 1.54) is 12.4 Å². The highest BCUT2D eigenvalue weighted by Crippen LogP contribution is 2.36. The van der Waals surface area contributed by atoms with Gasteiger partial charge >= 0.3 is 5.97 Å². The summed E-state index contributed by atoms with van der Waals surface area (Å²) in [6.07, 6.45) is 5.08. The largest absolute Gasteiger partial charge is 0.477 e. The number of Topliss-reactive ketones (excluding diaryl/α,β-unsaturated/α-hetero) is 1. The number of carbonyl (C=O) groups excluding carboxylic acids is 2. The molecule has 0 radical (unpaired) electrons. The Labute approximate surface area is 256 Å². The summed E-state index contributed by atoms with van der Waals surface area (Å²) in [6, 6.07) is 0.